The van der Waals surface area contributed by atoms with Gasteiger partial charge in [-0.25, -0.2) is 4.98 Å². The van der Waals surface area contributed by atoms with Gasteiger partial charge in [0.2, 0.25) is 0 Å². The third-order valence-electron chi connectivity index (χ3n) is 2.91. The molecule has 5 nitrogen and oxygen atoms in total. The molecule has 1 aromatic heterocycles. The highest BCUT2D eigenvalue weighted by atomic mass is 127. The zero-order valence-corrected chi connectivity index (χ0v) is 13.2. The lowest BCUT2D eigenvalue weighted by Crippen LogP contribution is -2.24. The summed E-state index contributed by atoms with van der Waals surface area (Å²) in [6, 6.07) is 7.21. The van der Waals surface area contributed by atoms with Crippen molar-refractivity contribution < 1.29 is 4.74 Å². The number of aromatic nitrogens is 2. The minimum atomic E-state index is -0.0949. The predicted octanol–water partition coefficient (Wildman–Crippen LogP) is 2.08. The first-order valence-electron chi connectivity index (χ1n) is 5.85. The normalized spacial score (nSPS) is 10.1. The van der Waals surface area contributed by atoms with Crippen molar-refractivity contribution in [1.82, 2.24) is 9.55 Å². The summed E-state index contributed by atoms with van der Waals surface area (Å²) in [5.74, 6) is 0.645. The first kappa shape index (κ1) is 14.5. The number of nitriles is 1. The van der Waals surface area contributed by atoms with Gasteiger partial charge >= 0.3 is 0 Å². The van der Waals surface area contributed by atoms with E-state index in [-0.39, 0.29) is 5.56 Å². The van der Waals surface area contributed by atoms with Crippen molar-refractivity contribution in [1.29, 1.82) is 5.26 Å². The molecule has 0 spiro atoms. The molecule has 0 N–H and O–H groups in total. The molecule has 0 atom stereocenters. The van der Waals surface area contributed by atoms with Crippen LogP contribution in [0.1, 0.15) is 16.8 Å². The first-order valence-corrected chi connectivity index (χ1v) is 6.93. The average Bonchev–Trinajstić information content (AvgIpc) is 2.47. The Bertz CT molecular complexity index is 747. The summed E-state index contributed by atoms with van der Waals surface area (Å²) in [5, 5.41) is 8.95. The summed E-state index contributed by atoms with van der Waals surface area (Å²) in [4.78, 5) is 16.3. The fourth-order valence-electron chi connectivity index (χ4n) is 1.81. The highest BCUT2D eigenvalue weighted by Crippen LogP contribution is 2.20. The van der Waals surface area contributed by atoms with Crippen LogP contribution in [0.5, 0.6) is 5.75 Å². The lowest BCUT2D eigenvalue weighted by atomic mass is 10.1. The number of nitrogens with zero attached hydrogens (tertiary/aromatic N) is 3. The number of aryl methyl sites for hydroxylation is 1. The van der Waals surface area contributed by atoms with E-state index in [0.29, 0.717) is 27.1 Å². The fourth-order valence-corrected chi connectivity index (χ4v) is 2.26. The topological polar surface area (TPSA) is 67.9 Å². The van der Waals surface area contributed by atoms with Crippen molar-refractivity contribution in [2.24, 2.45) is 0 Å². The SMILES string of the molecule is COc1ccc(C#N)cc1Cn1cnc(C)c(I)c1=O. The van der Waals surface area contributed by atoms with Gasteiger partial charge in [-0.3, -0.25) is 9.36 Å². The second-order valence-corrected chi connectivity index (χ2v) is 5.29. The van der Waals surface area contributed by atoms with Gasteiger partial charge in [0.25, 0.3) is 5.56 Å². The Morgan fingerprint density at radius 1 is 1.50 bits per heavy atom. The van der Waals surface area contributed by atoms with Gasteiger partial charge in [0, 0.05) is 5.56 Å². The molecule has 0 radical (unpaired) electrons. The summed E-state index contributed by atoms with van der Waals surface area (Å²) in [7, 11) is 1.56. The van der Waals surface area contributed by atoms with Crippen LogP contribution >= 0.6 is 22.6 Å². The molecule has 0 amide bonds. The average molecular weight is 381 g/mol. The molecule has 0 unspecified atom stereocenters. The Kier molecular flexibility index (Phi) is 4.39. The molecule has 0 aliphatic heterocycles. The van der Waals surface area contributed by atoms with Gasteiger partial charge in [-0.15, -0.1) is 0 Å². The van der Waals surface area contributed by atoms with Crippen LogP contribution in [0.3, 0.4) is 0 Å². The predicted molar refractivity (Wildman–Crippen MR) is 82.8 cm³/mol. The molecule has 0 saturated carbocycles. The van der Waals surface area contributed by atoms with Gasteiger partial charge in [-0.2, -0.15) is 5.26 Å². The molecule has 1 heterocycles. The van der Waals surface area contributed by atoms with E-state index < -0.39 is 0 Å². The van der Waals surface area contributed by atoms with E-state index >= 15 is 0 Å². The second-order valence-electron chi connectivity index (χ2n) is 4.22. The zero-order valence-electron chi connectivity index (χ0n) is 11.1. The van der Waals surface area contributed by atoms with Crippen molar-refractivity contribution in [2.45, 2.75) is 13.5 Å². The molecule has 1 aromatic carbocycles. The van der Waals surface area contributed by atoms with E-state index in [0.717, 1.165) is 5.56 Å². The highest BCUT2D eigenvalue weighted by molar-refractivity contribution is 14.1. The standard InChI is InChI=1S/C14H12IN3O2/c1-9-13(15)14(19)18(8-17-9)7-11-5-10(6-16)3-4-12(11)20-2/h3-5,8H,7H2,1-2H3. The molecular weight excluding hydrogens is 369 g/mol. The maximum absolute atomic E-state index is 12.2. The zero-order chi connectivity index (χ0) is 14.7. The molecule has 0 saturated heterocycles. The van der Waals surface area contributed by atoms with E-state index in [9.17, 15) is 4.79 Å². The highest BCUT2D eigenvalue weighted by Gasteiger charge is 2.09. The third-order valence-corrected chi connectivity index (χ3v) is 4.15. The van der Waals surface area contributed by atoms with Gasteiger partial charge in [-0.05, 0) is 47.7 Å². The Hall–Kier alpha value is -1.88. The number of halogens is 1. The number of methoxy groups -OCH3 is 1. The second kappa shape index (κ2) is 6.05. The fraction of sp³-hybridized carbons (Fsp3) is 0.214. The van der Waals surface area contributed by atoms with E-state index in [1.807, 2.05) is 22.6 Å². The van der Waals surface area contributed by atoms with Crippen molar-refractivity contribution in [3.05, 3.63) is 55.3 Å². The van der Waals surface area contributed by atoms with Crippen LogP contribution in [0.4, 0.5) is 0 Å². The minimum Gasteiger partial charge on any atom is -0.496 e. The molecule has 6 heteroatoms. The van der Waals surface area contributed by atoms with Gasteiger partial charge < -0.3 is 4.74 Å². The molecule has 2 rings (SSSR count). The quantitative estimate of drug-likeness (QED) is 0.764. The number of hydrogen-bond donors (Lipinski definition) is 0. The van der Waals surface area contributed by atoms with Gasteiger partial charge in [-0.1, -0.05) is 0 Å². The van der Waals surface area contributed by atoms with E-state index in [1.54, 1.807) is 32.2 Å². The molecular formula is C14H12IN3O2. The van der Waals surface area contributed by atoms with Gasteiger partial charge in [0.05, 0.1) is 40.9 Å². The van der Waals surface area contributed by atoms with Crippen LogP contribution in [0, 0.1) is 21.8 Å². The summed E-state index contributed by atoms with van der Waals surface area (Å²) in [6.45, 7) is 2.12. The third kappa shape index (κ3) is 2.82. The lowest BCUT2D eigenvalue weighted by molar-refractivity contribution is 0.408. The Balaban J connectivity index is 2.47. The van der Waals surface area contributed by atoms with Crippen LogP contribution in [0.15, 0.2) is 29.3 Å². The van der Waals surface area contributed by atoms with E-state index in [2.05, 4.69) is 11.1 Å². The maximum atomic E-state index is 12.2. The van der Waals surface area contributed by atoms with Crippen LogP contribution < -0.4 is 10.3 Å². The van der Waals surface area contributed by atoms with Crippen LogP contribution in [-0.4, -0.2) is 16.7 Å². The molecule has 0 aliphatic carbocycles. The number of hydrogen-bond acceptors (Lipinski definition) is 4. The molecule has 0 fully saturated rings. The smallest absolute Gasteiger partial charge is 0.267 e. The minimum absolute atomic E-state index is 0.0949. The van der Waals surface area contributed by atoms with Crippen molar-refractivity contribution >= 4 is 22.6 Å². The molecule has 102 valence electrons. The summed E-state index contributed by atoms with van der Waals surface area (Å²) < 4.78 is 7.37. The molecule has 0 bridgehead atoms. The van der Waals surface area contributed by atoms with Crippen LogP contribution in [-0.2, 0) is 6.54 Å². The maximum Gasteiger partial charge on any atom is 0.267 e. The molecule has 2 aromatic rings. The summed E-state index contributed by atoms with van der Waals surface area (Å²) >= 11 is 1.99. The van der Waals surface area contributed by atoms with Gasteiger partial charge in [0.15, 0.2) is 0 Å². The van der Waals surface area contributed by atoms with Crippen molar-refractivity contribution in [3.8, 4) is 11.8 Å². The van der Waals surface area contributed by atoms with Crippen LogP contribution in [0.2, 0.25) is 0 Å². The Labute approximate surface area is 130 Å². The van der Waals surface area contributed by atoms with Crippen LogP contribution in [0.25, 0.3) is 0 Å². The van der Waals surface area contributed by atoms with Gasteiger partial charge in [0.1, 0.15) is 5.75 Å². The molecule has 20 heavy (non-hydrogen) atoms. The monoisotopic (exact) mass is 381 g/mol. The largest absolute Gasteiger partial charge is 0.496 e. The summed E-state index contributed by atoms with van der Waals surface area (Å²) in [6.07, 6.45) is 1.51. The first-order chi connectivity index (χ1) is 9.56. The van der Waals surface area contributed by atoms with Crippen molar-refractivity contribution in [2.75, 3.05) is 7.11 Å². The Morgan fingerprint density at radius 2 is 2.25 bits per heavy atom. The van der Waals surface area contributed by atoms with E-state index in [4.69, 9.17) is 10.00 Å². The molecule has 0 aliphatic rings. The number of benzene rings is 1. The number of rotatable bonds is 3. The Morgan fingerprint density at radius 3 is 2.90 bits per heavy atom. The van der Waals surface area contributed by atoms with E-state index in [1.165, 1.54) is 10.9 Å². The van der Waals surface area contributed by atoms with Crippen molar-refractivity contribution in [3.63, 3.8) is 0 Å². The summed E-state index contributed by atoms with van der Waals surface area (Å²) in [5.41, 5.74) is 1.92. The lowest BCUT2D eigenvalue weighted by Gasteiger charge is -2.11. The number of ether oxygens (including phenoxy) is 1.